The van der Waals surface area contributed by atoms with E-state index in [9.17, 15) is 9.59 Å². The molecule has 1 saturated heterocycles. The molecule has 0 saturated carbocycles. The number of ketones is 1. The fraction of sp³-hybridized carbons (Fsp3) is 0.529. The number of carbonyl (C=O) groups excluding carboxylic acids is 2. The van der Waals surface area contributed by atoms with Gasteiger partial charge in [0.2, 0.25) is 0 Å². The molecule has 1 aliphatic heterocycles. The number of methoxy groups -OCH3 is 1. The molecule has 0 aliphatic carbocycles. The van der Waals surface area contributed by atoms with E-state index in [1.165, 1.54) is 4.90 Å². The number of carbonyl (C=O) groups is 2. The van der Waals surface area contributed by atoms with E-state index in [1.54, 1.807) is 31.4 Å². The Hall–Kier alpha value is -2.04. The van der Waals surface area contributed by atoms with Crippen LogP contribution in [0.5, 0.6) is 5.75 Å². The molecule has 5 heteroatoms. The van der Waals surface area contributed by atoms with Crippen molar-refractivity contribution in [2.24, 2.45) is 0 Å². The molecule has 0 radical (unpaired) electrons. The van der Waals surface area contributed by atoms with Crippen molar-refractivity contribution >= 4 is 11.9 Å². The van der Waals surface area contributed by atoms with Crippen molar-refractivity contribution in [2.45, 2.75) is 45.3 Å². The predicted molar refractivity (Wildman–Crippen MR) is 83.3 cm³/mol. The van der Waals surface area contributed by atoms with Crippen LogP contribution in [0.1, 0.15) is 44.0 Å². The van der Waals surface area contributed by atoms with Gasteiger partial charge < -0.3 is 9.47 Å². The van der Waals surface area contributed by atoms with E-state index < -0.39 is 17.7 Å². The third kappa shape index (κ3) is 3.78. The average molecular weight is 305 g/mol. The molecule has 0 N–H and O–H groups in total. The van der Waals surface area contributed by atoms with Crippen LogP contribution >= 0.6 is 0 Å². The smallest absolute Gasteiger partial charge is 0.410 e. The maximum absolute atomic E-state index is 12.6. The zero-order valence-electron chi connectivity index (χ0n) is 13.6. The van der Waals surface area contributed by atoms with Gasteiger partial charge in [-0.15, -0.1) is 0 Å². The van der Waals surface area contributed by atoms with Crippen LogP contribution in [0.3, 0.4) is 0 Å². The molecule has 1 amide bonds. The topological polar surface area (TPSA) is 55.8 Å². The van der Waals surface area contributed by atoms with E-state index in [4.69, 9.17) is 9.47 Å². The Kier molecular flexibility index (Phi) is 4.74. The van der Waals surface area contributed by atoms with Gasteiger partial charge in [0.05, 0.1) is 13.2 Å². The first-order chi connectivity index (χ1) is 10.3. The molecule has 1 aromatic rings. The average Bonchev–Trinajstić information content (AvgIpc) is 2.94. The second-order valence-electron chi connectivity index (χ2n) is 6.42. The minimum absolute atomic E-state index is 0.0500. The lowest BCUT2D eigenvalue weighted by molar-refractivity contribution is 0.0222. The highest BCUT2D eigenvalue weighted by Crippen LogP contribution is 2.24. The Bertz CT molecular complexity index is 545. The van der Waals surface area contributed by atoms with Crippen molar-refractivity contribution in [1.29, 1.82) is 0 Å². The number of hydrogen-bond donors (Lipinski definition) is 0. The van der Waals surface area contributed by atoms with Crippen LogP contribution in [0, 0.1) is 0 Å². The first-order valence-corrected chi connectivity index (χ1v) is 7.50. The van der Waals surface area contributed by atoms with Crippen molar-refractivity contribution in [1.82, 2.24) is 4.90 Å². The summed E-state index contributed by atoms with van der Waals surface area (Å²) in [6, 6.07) is 6.52. The summed E-state index contributed by atoms with van der Waals surface area (Å²) in [5, 5.41) is 0. The number of rotatable bonds is 3. The molecule has 120 valence electrons. The number of hydrogen-bond acceptors (Lipinski definition) is 4. The van der Waals surface area contributed by atoms with E-state index in [0.29, 0.717) is 24.3 Å². The molecule has 2 rings (SSSR count). The van der Waals surface area contributed by atoms with Crippen LogP contribution in [0.4, 0.5) is 4.79 Å². The Morgan fingerprint density at radius 1 is 1.18 bits per heavy atom. The summed E-state index contributed by atoms with van der Waals surface area (Å²) in [7, 11) is 1.58. The van der Waals surface area contributed by atoms with Gasteiger partial charge in [-0.1, -0.05) is 0 Å². The number of nitrogens with zero attached hydrogens (tertiary/aromatic N) is 1. The Morgan fingerprint density at radius 3 is 2.36 bits per heavy atom. The van der Waals surface area contributed by atoms with Gasteiger partial charge in [0, 0.05) is 12.1 Å². The number of likely N-dealkylation sites (tertiary alicyclic amines) is 1. The monoisotopic (exact) mass is 305 g/mol. The standard InChI is InChI=1S/C17H23NO4/c1-17(2,3)22-16(20)18-11-5-6-14(18)15(19)12-7-9-13(21-4)10-8-12/h7-10,14H,5-6,11H2,1-4H3. The Balaban J connectivity index is 2.12. The summed E-state index contributed by atoms with van der Waals surface area (Å²) >= 11 is 0. The third-order valence-corrected chi connectivity index (χ3v) is 3.56. The van der Waals surface area contributed by atoms with Gasteiger partial charge in [0.25, 0.3) is 0 Å². The number of Topliss-reactive ketones (excluding diaryl/α,β-unsaturated/α-hetero) is 1. The van der Waals surface area contributed by atoms with Crippen molar-refractivity contribution in [3.63, 3.8) is 0 Å². The zero-order chi connectivity index (χ0) is 16.3. The lowest BCUT2D eigenvalue weighted by Gasteiger charge is -2.28. The number of benzene rings is 1. The zero-order valence-corrected chi connectivity index (χ0v) is 13.6. The van der Waals surface area contributed by atoms with Crippen LogP contribution in [-0.2, 0) is 4.74 Å². The largest absolute Gasteiger partial charge is 0.497 e. The summed E-state index contributed by atoms with van der Waals surface area (Å²) in [5.41, 5.74) is 0.0224. The van der Waals surface area contributed by atoms with Crippen molar-refractivity contribution < 1.29 is 19.1 Å². The van der Waals surface area contributed by atoms with Crippen LogP contribution in [0.15, 0.2) is 24.3 Å². The van der Waals surface area contributed by atoms with Crippen LogP contribution in [-0.4, -0.2) is 42.1 Å². The lowest BCUT2D eigenvalue weighted by Crippen LogP contribution is -2.43. The molecule has 5 nitrogen and oxygen atoms in total. The molecule has 22 heavy (non-hydrogen) atoms. The molecule has 1 aliphatic rings. The molecule has 1 atom stereocenters. The molecular weight excluding hydrogens is 282 g/mol. The maximum atomic E-state index is 12.6. The molecular formula is C17H23NO4. The van der Waals surface area contributed by atoms with Gasteiger partial charge in [-0.3, -0.25) is 9.69 Å². The van der Waals surface area contributed by atoms with Crippen LogP contribution < -0.4 is 4.74 Å². The van der Waals surface area contributed by atoms with E-state index in [0.717, 1.165) is 6.42 Å². The molecule has 1 unspecified atom stereocenters. The molecule has 1 heterocycles. The van der Waals surface area contributed by atoms with E-state index >= 15 is 0 Å². The quantitative estimate of drug-likeness (QED) is 0.804. The summed E-state index contributed by atoms with van der Waals surface area (Å²) in [5.74, 6) is 0.651. The van der Waals surface area contributed by atoms with Gasteiger partial charge in [-0.2, -0.15) is 0 Å². The van der Waals surface area contributed by atoms with Crippen molar-refractivity contribution in [2.75, 3.05) is 13.7 Å². The first kappa shape index (κ1) is 16.3. The fourth-order valence-electron chi connectivity index (χ4n) is 2.53. The molecule has 1 aromatic carbocycles. The van der Waals surface area contributed by atoms with Gasteiger partial charge in [0.1, 0.15) is 11.4 Å². The van der Waals surface area contributed by atoms with Crippen molar-refractivity contribution in [3.8, 4) is 5.75 Å². The highest BCUT2D eigenvalue weighted by Gasteiger charge is 2.36. The summed E-state index contributed by atoms with van der Waals surface area (Å²) in [6.45, 7) is 6.02. The molecule has 0 bridgehead atoms. The van der Waals surface area contributed by atoms with Gasteiger partial charge in [-0.25, -0.2) is 4.79 Å². The highest BCUT2D eigenvalue weighted by molar-refractivity contribution is 6.01. The van der Waals surface area contributed by atoms with Crippen LogP contribution in [0.2, 0.25) is 0 Å². The summed E-state index contributed by atoms with van der Waals surface area (Å²) in [6.07, 6.45) is 1.06. The van der Waals surface area contributed by atoms with Gasteiger partial charge in [0.15, 0.2) is 5.78 Å². The number of ether oxygens (including phenoxy) is 2. The Morgan fingerprint density at radius 2 is 1.82 bits per heavy atom. The Labute approximate surface area is 131 Å². The minimum Gasteiger partial charge on any atom is -0.497 e. The fourth-order valence-corrected chi connectivity index (χ4v) is 2.53. The van der Waals surface area contributed by atoms with Crippen LogP contribution in [0.25, 0.3) is 0 Å². The second kappa shape index (κ2) is 6.38. The van der Waals surface area contributed by atoms with Crippen molar-refractivity contribution in [3.05, 3.63) is 29.8 Å². The highest BCUT2D eigenvalue weighted by atomic mass is 16.6. The summed E-state index contributed by atoms with van der Waals surface area (Å²) in [4.78, 5) is 26.4. The SMILES string of the molecule is COc1ccc(C(=O)C2CCCN2C(=O)OC(C)(C)C)cc1. The molecule has 1 fully saturated rings. The lowest BCUT2D eigenvalue weighted by atomic mass is 10.0. The van der Waals surface area contributed by atoms with E-state index in [-0.39, 0.29) is 5.78 Å². The van der Waals surface area contributed by atoms with Gasteiger partial charge >= 0.3 is 6.09 Å². The van der Waals surface area contributed by atoms with E-state index in [2.05, 4.69) is 0 Å². The maximum Gasteiger partial charge on any atom is 0.410 e. The normalized spacial score (nSPS) is 18.2. The molecule has 0 spiro atoms. The van der Waals surface area contributed by atoms with E-state index in [1.807, 2.05) is 20.8 Å². The third-order valence-electron chi connectivity index (χ3n) is 3.56. The number of amides is 1. The predicted octanol–water partition coefficient (Wildman–Crippen LogP) is 3.28. The molecule has 0 aromatic heterocycles. The first-order valence-electron chi connectivity index (χ1n) is 7.50. The van der Waals surface area contributed by atoms with Gasteiger partial charge in [-0.05, 0) is 57.9 Å². The minimum atomic E-state index is -0.562. The second-order valence-corrected chi connectivity index (χ2v) is 6.42. The summed E-state index contributed by atoms with van der Waals surface area (Å²) < 4.78 is 10.5.